The zero-order valence-electron chi connectivity index (χ0n) is 5.81. The van der Waals surface area contributed by atoms with E-state index < -0.39 is 19.7 Å². The van der Waals surface area contributed by atoms with Gasteiger partial charge in [0.25, 0.3) is 0 Å². The van der Waals surface area contributed by atoms with Crippen LogP contribution in [0.1, 0.15) is 0 Å². The third kappa shape index (κ3) is 1.59. The molecule has 65 valence electrons. The molecule has 1 aromatic rings. The first-order valence-corrected chi connectivity index (χ1v) is 4.41. The number of hydrogen-bond acceptors (Lipinski definition) is 2. The Morgan fingerprint density at radius 3 is 2.00 bits per heavy atom. The molecule has 1 aromatic carbocycles. The van der Waals surface area contributed by atoms with Gasteiger partial charge in [-0.1, -0.05) is 18.2 Å². The molecule has 0 N–H and O–H groups in total. The van der Waals surface area contributed by atoms with Crippen LogP contribution in [-0.2, 0) is 10.0 Å². The van der Waals surface area contributed by atoms with Gasteiger partial charge in [0.15, 0.2) is 0 Å². The van der Waals surface area contributed by atoms with Crippen LogP contribution >= 0.6 is 0 Å². The number of sulfonamides is 1. The molecule has 1 radical (unpaired) electrons. The van der Waals surface area contributed by atoms with E-state index in [9.17, 15) is 17.4 Å². The fourth-order valence-corrected chi connectivity index (χ4v) is 1.33. The summed E-state index contributed by atoms with van der Waals surface area (Å²) in [5.41, 5.74) is 0. The lowest BCUT2D eigenvalue weighted by atomic mass is 10.4. The summed E-state index contributed by atoms with van der Waals surface area (Å²) in [6, 6.07) is 6.48. The molecule has 6 heteroatoms. The third-order valence-corrected chi connectivity index (χ3v) is 2.45. The molecule has 0 saturated carbocycles. The molecule has 0 aliphatic heterocycles. The molecular weight excluding hydrogens is 188 g/mol. The molecule has 0 bridgehead atoms. The van der Waals surface area contributed by atoms with Crippen molar-refractivity contribution >= 4 is 10.0 Å². The molecule has 0 atom stereocenters. The van der Waals surface area contributed by atoms with E-state index in [2.05, 4.69) is 0 Å². The van der Waals surface area contributed by atoms with E-state index in [1.807, 2.05) is 0 Å². The average Bonchev–Trinajstić information content (AvgIpc) is 2.06. The molecule has 0 saturated heterocycles. The van der Waals surface area contributed by atoms with Gasteiger partial charge in [0.2, 0.25) is 0 Å². The van der Waals surface area contributed by atoms with Crippen LogP contribution in [0.15, 0.2) is 35.2 Å². The summed E-state index contributed by atoms with van der Waals surface area (Å²) >= 11 is 0. The maximum absolute atomic E-state index is 11.7. The summed E-state index contributed by atoms with van der Waals surface area (Å²) in [6.07, 6.45) is 0. The first-order valence-electron chi connectivity index (χ1n) is 2.97. The van der Waals surface area contributed by atoms with E-state index in [-0.39, 0.29) is 0 Å². The van der Waals surface area contributed by atoms with Gasteiger partial charge in [-0.05, 0) is 12.1 Å². The Labute approximate surface area is 68.2 Å². The van der Waals surface area contributed by atoms with Crippen LogP contribution in [0.5, 0.6) is 0 Å². The summed E-state index contributed by atoms with van der Waals surface area (Å²) in [7, 11) is -4.58. The summed E-state index contributed by atoms with van der Waals surface area (Å²) in [5.74, 6) is 0. The highest BCUT2D eigenvalue weighted by atomic mass is 32.2. The monoisotopic (exact) mass is 193 g/mol. The first-order chi connectivity index (χ1) is 5.55. The minimum Gasteiger partial charge on any atom is -0.155 e. The van der Waals surface area contributed by atoms with E-state index >= 15 is 0 Å². The predicted molar refractivity (Wildman–Crippen MR) is 38.0 cm³/mol. The predicted octanol–water partition coefficient (Wildman–Crippen LogP) is 1.28. The molecule has 3 nitrogen and oxygen atoms in total. The summed E-state index contributed by atoms with van der Waals surface area (Å²) in [5, 5.41) is 0. The highest BCUT2D eigenvalue weighted by molar-refractivity contribution is 7.89. The van der Waals surface area contributed by atoms with Crippen LogP contribution in [0.4, 0.5) is 8.96 Å². The second kappa shape index (κ2) is 3.16. The lowest BCUT2D eigenvalue weighted by molar-refractivity contribution is 0.0545. The highest BCUT2D eigenvalue weighted by Crippen LogP contribution is 2.12. The normalized spacial score (nSPS) is 11.9. The van der Waals surface area contributed by atoms with Crippen molar-refractivity contribution in [2.75, 3.05) is 0 Å². The molecule has 0 amide bonds. The SMILES string of the molecule is O=S(=O)(c1ccccc1)[N+](F)F. The Bertz CT molecular complexity index is 349. The number of halogens is 2. The number of rotatable bonds is 2. The Hall–Kier alpha value is -1.01. The number of benzene rings is 1. The summed E-state index contributed by atoms with van der Waals surface area (Å²) in [4.78, 5) is -0.421. The second-order valence-electron chi connectivity index (χ2n) is 1.99. The Morgan fingerprint density at radius 2 is 1.58 bits per heavy atom. The van der Waals surface area contributed by atoms with Gasteiger partial charge in [-0.2, -0.15) is 8.42 Å². The quantitative estimate of drug-likeness (QED) is 0.664. The lowest BCUT2D eigenvalue weighted by Gasteiger charge is -1.90. The number of hydrogen-bond donors (Lipinski definition) is 0. The first kappa shape index (κ1) is 9.08. The molecular formula is C6H5F2NO2S+. The largest absolute Gasteiger partial charge is 0.456 e. The molecule has 0 aromatic heterocycles. The van der Waals surface area contributed by atoms with Gasteiger partial charge in [0.1, 0.15) is 13.9 Å². The van der Waals surface area contributed by atoms with Crippen molar-refractivity contribution in [3.63, 3.8) is 0 Å². The minimum absolute atomic E-state index is 0.421. The Balaban J connectivity index is 3.17. The standard InChI is InChI=1S/C6H5F2NO2S/c7-9(8)12(10,11)6-4-2-1-3-5-6/h1-5H/q+1. The van der Waals surface area contributed by atoms with Crippen molar-refractivity contribution in [2.45, 2.75) is 4.90 Å². The smallest absolute Gasteiger partial charge is 0.155 e. The Morgan fingerprint density at radius 1 is 1.08 bits per heavy atom. The van der Waals surface area contributed by atoms with Gasteiger partial charge >= 0.3 is 14.8 Å². The van der Waals surface area contributed by atoms with Crippen molar-refractivity contribution in [3.8, 4) is 0 Å². The minimum atomic E-state index is -4.58. The fraction of sp³-hybridized carbons (Fsp3) is 0. The van der Waals surface area contributed by atoms with Crippen LogP contribution in [-0.4, -0.2) is 8.42 Å². The van der Waals surface area contributed by atoms with Crippen LogP contribution < -0.4 is 4.75 Å². The van der Waals surface area contributed by atoms with Crippen molar-refractivity contribution in [3.05, 3.63) is 30.3 Å². The molecule has 0 aliphatic carbocycles. The summed E-state index contributed by atoms with van der Waals surface area (Å²) in [6.45, 7) is 0. The fourth-order valence-electron chi connectivity index (χ4n) is 0.672. The van der Waals surface area contributed by atoms with E-state index in [4.69, 9.17) is 0 Å². The van der Waals surface area contributed by atoms with E-state index in [0.717, 1.165) is 12.1 Å². The molecule has 1 rings (SSSR count). The molecule has 0 aliphatic rings. The van der Waals surface area contributed by atoms with Crippen molar-refractivity contribution in [2.24, 2.45) is 0 Å². The maximum Gasteiger partial charge on any atom is 0.456 e. The van der Waals surface area contributed by atoms with Crippen LogP contribution in [0, 0.1) is 0 Å². The number of nitrogens with zero attached hydrogens (tertiary/aromatic N) is 1. The second-order valence-corrected chi connectivity index (χ2v) is 3.69. The van der Waals surface area contributed by atoms with Gasteiger partial charge in [0, 0.05) is 0 Å². The van der Waals surface area contributed by atoms with E-state index in [0.29, 0.717) is 0 Å². The molecule has 0 unspecified atom stereocenters. The average molecular weight is 193 g/mol. The molecule has 0 spiro atoms. The maximum atomic E-state index is 11.7. The van der Waals surface area contributed by atoms with Crippen LogP contribution in [0.25, 0.3) is 0 Å². The van der Waals surface area contributed by atoms with Crippen molar-refractivity contribution in [1.82, 2.24) is 4.75 Å². The van der Waals surface area contributed by atoms with Gasteiger partial charge in [-0.3, -0.25) is 0 Å². The lowest BCUT2D eigenvalue weighted by Crippen LogP contribution is -2.19. The van der Waals surface area contributed by atoms with Crippen LogP contribution in [0.2, 0.25) is 0 Å². The molecule has 0 heterocycles. The topological polar surface area (TPSA) is 40.0 Å². The third-order valence-electron chi connectivity index (χ3n) is 1.22. The van der Waals surface area contributed by atoms with Gasteiger partial charge in [-0.15, -0.1) is 0 Å². The van der Waals surface area contributed by atoms with Crippen molar-refractivity contribution < 1.29 is 17.4 Å². The molecule has 0 fully saturated rings. The molecule has 12 heavy (non-hydrogen) atoms. The van der Waals surface area contributed by atoms with Gasteiger partial charge in [-0.25, -0.2) is 0 Å². The Kier molecular flexibility index (Phi) is 2.39. The zero-order valence-corrected chi connectivity index (χ0v) is 6.63. The van der Waals surface area contributed by atoms with Gasteiger partial charge in [0.05, 0.1) is 0 Å². The van der Waals surface area contributed by atoms with Crippen LogP contribution in [0.3, 0.4) is 0 Å². The van der Waals surface area contributed by atoms with Gasteiger partial charge < -0.3 is 0 Å². The van der Waals surface area contributed by atoms with E-state index in [1.165, 1.54) is 12.1 Å². The zero-order chi connectivity index (χ0) is 9.19. The van der Waals surface area contributed by atoms with E-state index in [1.54, 1.807) is 6.07 Å². The highest BCUT2D eigenvalue weighted by Gasteiger charge is 2.39. The van der Waals surface area contributed by atoms with Crippen molar-refractivity contribution in [1.29, 1.82) is 0 Å². The summed E-state index contributed by atoms with van der Waals surface area (Å²) < 4.78 is 43.1.